The Morgan fingerprint density at radius 2 is 1.82 bits per heavy atom. The minimum absolute atomic E-state index is 0.0187. The third kappa shape index (κ3) is 4.91. The summed E-state index contributed by atoms with van der Waals surface area (Å²) >= 11 is 4.27. The number of benzene rings is 2. The summed E-state index contributed by atoms with van der Waals surface area (Å²) in [6, 6.07) is 17.9. The number of aliphatic carboxylic acids is 1. The monoisotopic (exact) mass is 590 g/mol. The van der Waals surface area contributed by atoms with Gasteiger partial charge in [-0.05, 0) is 24.6 Å². The van der Waals surface area contributed by atoms with Crippen molar-refractivity contribution in [2.45, 2.75) is 22.7 Å². The van der Waals surface area contributed by atoms with Gasteiger partial charge in [-0.2, -0.15) is 5.10 Å². The number of amides is 2. The van der Waals surface area contributed by atoms with E-state index in [1.54, 1.807) is 10.9 Å². The number of fused-ring (bicyclic) bond motifs is 1. The first-order chi connectivity index (χ1) is 19.4. The van der Waals surface area contributed by atoms with Crippen LogP contribution in [0.2, 0.25) is 0 Å². The number of aryl methyl sites for hydroxylation is 1. The van der Waals surface area contributed by atoms with E-state index < -0.39 is 29.2 Å². The molecule has 202 valence electrons. The first-order valence-electron chi connectivity index (χ1n) is 12.2. The van der Waals surface area contributed by atoms with Crippen LogP contribution in [0.25, 0.3) is 16.9 Å². The van der Waals surface area contributed by atoms with Crippen LogP contribution in [0.15, 0.2) is 82.5 Å². The van der Waals surface area contributed by atoms with E-state index >= 15 is 0 Å². The summed E-state index contributed by atoms with van der Waals surface area (Å²) in [6.45, 7) is 1.85. The van der Waals surface area contributed by atoms with Gasteiger partial charge < -0.3 is 10.4 Å². The third-order valence-electron chi connectivity index (χ3n) is 6.44. The number of aromatic nitrogens is 4. The lowest BCUT2D eigenvalue weighted by atomic mass is 10.0. The zero-order chi connectivity index (χ0) is 27.8. The number of hydrogen-bond acceptors (Lipinski definition) is 9. The van der Waals surface area contributed by atoms with E-state index in [1.165, 1.54) is 39.8 Å². The van der Waals surface area contributed by atoms with Crippen LogP contribution in [0.3, 0.4) is 0 Å². The molecule has 1 saturated heterocycles. The molecule has 4 aromatic rings. The maximum atomic E-state index is 13.6. The maximum absolute atomic E-state index is 13.6. The standard InChI is InChI=1S/C27H22N6O4S3/c1-15-29-30-27(40-15)39-14-17-13-38-25-21(24(35)33(25)22(17)26(36)37)28-23(34)19-12-32(18-10-6-3-7-11-18)31-20(19)16-8-4-2-5-9-16/h2-12,21,25H,13-14H2,1H3,(H,28,34)(H,36,37)/t21-,25-/m1/s1. The molecule has 10 nitrogen and oxygen atoms in total. The number of β-lactam (4-membered cyclic amide) rings is 1. The van der Waals surface area contributed by atoms with Crippen LogP contribution in [0, 0.1) is 6.92 Å². The van der Waals surface area contributed by atoms with E-state index in [0.717, 1.165) is 20.6 Å². The van der Waals surface area contributed by atoms with Crippen molar-refractivity contribution in [2.75, 3.05) is 11.5 Å². The molecule has 0 spiro atoms. The summed E-state index contributed by atoms with van der Waals surface area (Å²) in [7, 11) is 0. The highest BCUT2D eigenvalue weighted by Gasteiger charge is 2.54. The fourth-order valence-corrected chi connectivity index (χ4v) is 7.86. The van der Waals surface area contributed by atoms with Gasteiger partial charge >= 0.3 is 5.97 Å². The summed E-state index contributed by atoms with van der Waals surface area (Å²) in [5.41, 5.74) is 2.98. The van der Waals surface area contributed by atoms with Crippen LogP contribution in [0.1, 0.15) is 15.4 Å². The molecule has 0 bridgehead atoms. The Hall–Kier alpha value is -3.94. The molecule has 2 atom stereocenters. The molecule has 40 heavy (non-hydrogen) atoms. The molecule has 2 aromatic heterocycles. The van der Waals surface area contributed by atoms with Gasteiger partial charge in [0, 0.05) is 23.3 Å². The third-order valence-corrected chi connectivity index (χ3v) is 9.84. The summed E-state index contributed by atoms with van der Waals surface area (Å²) in [4.78, 5) is 40.3. The molecule has 4 heterocycles. The van der Waals surface area contributed by atoms with Crippen molar-refractivity contribution >= 4 is 52.6 Å². The highest BCUT2D eigenvalue weighted by molar-refractivity contribution is 8.01. The minimum atomic E-state index is -1.16. The van der Waals surface area contributed by atoms with Crippen molar-refractivity contribution in [3.8, 4) is 16.9 Å². The lowest BCUT2D eigenvalue weighted by molar-refractivity contribution is -0.148. The average molecular weight is 591 g/mol. The van der Waals surface area contributed by atoms with Gasteiger partial charge in [0.05, 0.1) is 11.3 Å². The molecule has 1 fully saturated rings. The molecule has 2 aliphatic heterocycles. The molecule has 2 aromatic carbocycles. The first kappa shape index (κ1) is 26.3. The van der Waals surface area contributed by atoms with Crippen molar-refractivity contribution in [3.05, 3.63) is 88.7 Å². The van der Waals surface area contributed by atoms with Gasteiger partial charge in [-0.25, -0.2) is 9.48 Å². The van der Waals surface area contributed by atoms with E-state index in [9.17, 15) is 19.5 Å². The quantitative estimate of drug-likeness (QED) is 0.232. The summed E-state index contributed by atoms with van der Waals surface area (Å²) < 4.78 is 2.38. The Bertz CT molecular complexity index is 1640. The van der Waals surface area contributed by atoms with Crippen LogP contribution in [-0.2, 0) is 9.59 Å². The fourth-order valence-electron chi connectivity index (χ4n) is 4.56. The van der Waals surface area contributed by atoms with Crippen molar-refractivity contribution in [1.82, 2.24) is 30.2 Å². The Morgan fingerprint density at radius 3 is 2.50 bits per heavy atom. The van der Waals surface area contributed by atoms with E-state index in [0.29, 0.717) is 28.3 Å². The number of carbonyl (C=O) groups is 3. The molecule has 13 heteroatoms. The Morgan fingerprint density at radius 1 is 1.10 bits per heavy atom. The molecule has 0 aliphatic carbocycles. The van der Waals surface area contributed by atoms with Gasteiger partial charge in [-0.3, -0.25) is 14.5 Å². The average Bonchev–Trinajstić information content (AvgIpc) is 3.61. The summed E-state index contributed by atoms with van der Waals surface area (Å²) in [6.07, 6.45) is 1.65. The van der Waals surface area contributed by atoms with Gasteiger partial charge in [-0.1, -0.05) is 71.6 Å². The molecular formula is C27H22N6O4S3. The van der Waals surface area contributed by atoms with Gasteiger partial charge in [0.1, 0.15) is 27.8 Å². The van der Waals surface area contributed by atoms with Gasteiger partial charge in [0.25, 0.3) is 11.8 Å². The number of rotatable bonds is 8. The van der Waals surface area contributed by atoms with Gasteiger partial charge in [-0.15, -0.1) is 22.0 Å². The Labute approximate surface area is 241 Å². The molecule has 6 rings (SSSR count). The first-order valence-corrected chi connectivity index (χ1v) is 15.1. The number of carboxylic acid groups (broad SMARTS) is 1. The van der Waals surface area contributed by atoms with Crippen LogP contribution < -0.4 is 5.32 Å². The number of carboxylic acids is 1. The van der Waals surface area contributed by atoms with E-state index in [4.69, 9.17) is 0 Å². The number of carbonyl (C=O) groups excluding carboxylic acids is 2. The second-order valence-corrected chi connectivity index (χ2v) is 12.5. The molecule has 2 aliphatic rings. The van der Waals surface area contributed by atoms with Crippen molar-refractivity contribution < 1.29 is 19.5 Å². The largest absolute Gasteiger partial charge is 0.477 e. The van der Waals surface area contributed by atoms with Crippen molar-refractivity contribution in [1.29, 1.82) is 0 Å². The predicted octanol–water partition coefficient (Wildman–Crippen LogP) is 3.84. The molecule has 0 saturated carbocycles. The molecular weight excluding hydrogens is 569 g/mol. The predicted molar refractivity (Wildman–Crippen MR) is 153 cm³/mol. The Kier molecular flexibility index (Phi) is 7.17. The normalized spacial score (nSPS) is 18.3. The number of nitrogens with one attached hydrogen (secondary N) is 1. The van der Waals surface area contributed by atoms with Gasteiger partial charge in [0.2, 0.25) is 0 Å². The molecule has 0 radical (unpaired) electrons. The van der Waals surface area contributed by atoms with Crippen molar-refractivity contribution in [3.63, 3.8) is 0 Å². The van der Waals surface area contributed by atoms with E-state index in [1.807, 2.05) is 67.6 Å². The highest BCUT2D eigenvalue weighted by atomic mass is 32.2. The zero-order valence-corrected chi connectivity index (χ0v) is 23.5. The lowest BCUT2D eigenvalue weighted by Crippen LogP contribution is -2.70. The number of nitrogens with zero attached hydrogens (tertiary/aromatic N) is 5. The van der Waals surface area contributed by atoms with Crippen LogP contribution in [0.5, 0.6) is 0 Å². The molecule has 0 unspecified atom stereocenters. The summed E-state index contributed by atoms with van der Waals surface area (Å²) in [5.74, 6) is -1.25. The maximum Gasteiger partial charge on any atom is 0.352 e. The highest BCUT2D eigenvalue weighted by Crippen LogP contribution is 2.42. The van der Waals surface area contributed by atoms with Gasteiger partial charge in [0.15, 0.2) is 4.34 Å². The van der Waals surface area contributed by atoms with Crippen LogP contribution >= 0.6 is 34.9 Å². The van der Waals surface area contributed by atoms with E-state index in [2.05, 4.69) is 20.6 Å². The second-order valence-electron chi connectivity index (χ2n) is 9.03. The molecule has 2 N–H and O–H groups in total. The number of hydrogen-bond donors (Lipinski definition) is 2. The van der Waals surface area contributed by atoms with Crippen LogP contribution in [0.4, 0.5) is 0 Å². The smallest absolute Gasteiger partial charge is 0.352 e. The SMILES string of the molecule is Cc1nnc(SCC2=C(C(=O)O)N3C(=O)[C@@H](NC(=O)c4cn(-c5ccccc5)nc4-c4ccccc4)[C@H]3SC2)s1. The topological polar surface area (TPSA) is 130 Å². The Balaban J connectivity index is 1.23. The van der Waals surface area contributed by atoms with E-state index in [-0.39, 0.29) is 5.70 Å². The zero-order valence-electron chi connectivity index (χ0n) is 21.1. The molecule has 2 amide bonds. The minimum Gasteiger partial charge on any atom is -0.477 e. The number of thioether (sulfide) groups is 2. The summed E-state index contributed by atoms with van der Waals surface area (Å²) in [5, 5.41) is 25.9. The van der Waals surface area contributed by atoms with Crippen LogP contribution in [-0.4, -0.2) is 70.7 Å². The second kappa shape index (κ2) is 10.9. The van der Waals surface area contributed by atoms with Crippen molar-refractivity contribution in [2.24, 2.45) is 0 Å². The lowest BCUT2D eigenvalue weighted by Gasteiger charge is -2.49. The fraction of sp³-hybridized carbons (Fsp3) is 0.185. The number of para-hydroxylation sites is 1.